The predicted octanol–water partition coefficient (Wildman–Crippen LogP) is 5.26. The standard InChI is InChI=1S/C33H36N2O6/c1-21(40-19-22-10-3-2-4-11-22)30(31(36)34-24-13-9-12-23(18-24)32(37)38)35-33(39)41-20-29-27-16-7-5-14-25(27)26-15-6-8-17-28(26)29/h2-8,10-11,14-17,21,23-24,29-30H,9,12-13,18-20H2,1H3,(H,34,36)(H,35,39)(H,37,38)/t21-,23+,24-,30+/m0/s1. The monoisotopic (exact) mass is 556 g/mol. The van der Waals surface area contributed by atoms with Crippen LogP contribution < -0.4 is 10.6 Å². The lowest BCUT2D eigenvalue weighted by Gasteiger charge is -2.30. The summed E-state index contributed by atoms with van der Waals surface area (Å²) in [5.41, 5.74) is 5.39. The molecule has 214 valence electrons. The van der Waals surface area contributed by atoms with E-state index in [1.807, 2.05) is 66.7 Å². The number of amides is 2. The number of carbonyl (C=O) groups excluding carboxylic acids is 2. The predicted molar refractivity (Wildman–Crippen MR) is 154 cm³/mol. The highest BCUT2D eigenvalue weighted by Crippen LogP contribution is 2.44. The lowest BCUT2D eigenvalue weighted by molar-refractivity contribution is -0.143. The molecule has 2 aliphatic rings. The summed E-state index contributed by atoms with van der Waals surface area (Å²) in [7, 11) is 0. The van der Waals surface area contributed by atoms with Crippen LogP contribution in [0.4, 0.5) is 4.79 Å². The van der Waals surface area contributed by atoms with Gasteiger partial charge >= 0.3 is 12.1 Å². The van der Waals surface area contributed by atoms with Gasteiger partial charge in [-0.2, -0.15) is 0 Å². The molecule has 0 unspecified atom stereocenters. The van der Waals surface area contributed by atoms with Crippen molar-refractivity contribution >= 4 is 18.0 Å². The summed E-state index contributed by atoms with van der Waals surface area (Å²) in [5.74, 6) is -1.87. The lowest BCUT2D eigenvalue weighted by Crippen LogP contribution is -2.55. The van der Waals surface area contributed by atoms with Crippen molar-refractivity contribution in [2.45, 2.75) is 63.3 Å². The van der Waals surface area contributed by atoms with Crippen LogP contribution in [0, 0.1) is 5.92 Å². The Bertz CT molecular complexity index is 1330. The van der Waals surface area contributed by atoms with Crippen LogP contribution in [-0.4, -0.2) is 47.9 Å². The minimum atomic E-state index is -1.03. The van der Waals surface area contributed by atoms with Crippen molar-refractivity contribution in [3.8, 4) is 11.1 Å². The summed E-state index contributed by atoms with van der Waals surface area (Å²) in [6, 6.07) is 24.4. The number of carboxylic acids is 1. The van der Waals surface area contributed by atoms with Gasteiger partial charge in [-0.1, -0.05) is 85.3 Å². The number of rotatable bonds is 10. The van der Waals surface area contributed by atoms with Crippen LogP contribution >= 0.6 is 0 Å². The Hall–Kier alpha value is -4.17. The van der Waals surface area contributed by atoms with Crippen molar-refractivity contribution in [3.63, 3.8) is 0 Å². The highest BCUT2D eigenvalue weighted by molar-refractivity contribution is 5.86. The zero-order valence-corrected chi connectivity index (χ0v) is 23.1. The minimum Gasteiger partial charge on any atom is -0.481 e. The Balaban J connectivity index is 1.26. The topological polar surface area (TPSA) is 114 Å². The largest absolute Gasteiger partial charge is 0.481 e. The van der Waals surface area contributed by atoms with Gasteiger partial charge < -0.3 is 25.2 Å². The highest BCUT2D eigenvalue weighted by atomic mass is 16.5. The number of ether oxygens (including phenoxy) is 2. The highest BCUT2D eigenvalue weighted by Gasteiger charge is 2.34. The van der Waals surface area contributed by atoms with E-state index in [0.29, 0.717) is 25.7 Å². The summed E-state index contributed by atoms with van der Waals surface area (Å²) >= 11 is 0. The van der Waals surface area contributed by atoms with Crippen molar-refractivity contribution in [2.24, 2.45) is 5.92 Å². The SMILES string of the molecule is C[C@H](OCc1ccccc1)[C@@H](NC(=O)OCC1c2ccccc2-c2ccccc21)C(=O)N[C@H]1CCC[C@@H](C(=O)O)C1. The molecular weight excluding hydrogens is 520 g/mol. The molecule has 0 heterocycles. The molecule has 0 aliphatic heterocycles. The van der Waals surface area contributed by atoms with E-state index in [0.717, 1.165) is 27.8 Å². The first-order valence-electron chi connectivity index (χ1n) is 14.2. The van der Waals surface area contributed by atoms with Gasteiger partial charge in [0, 0.05) is 12.0 Å². The first-order chi connectivity index (χ1) is 19.9. The molecule has 0 radical (unpaired) electrons. The van der Waals surface area contributed by atoms with Gasteiger partial charge in [-0.15, -0.1) is 0 Å². The van der Waals surface area contributed by atoms with E-state index in [1.54, 1.807) is 6.92 Å². The second-order valence-electron chi connectivity index (χ2n) is 10.9. The molecule has 41 heavy (non-hydrogen) atoms. The van der Waals surface area contributed by atoms with Crippen LogP contribution in [0.1, 0.15) is 55.2 Å². The second kappa shape index (κ2) is 13.0. The Morgan fingerprint density at radius 2 is 1.54 bits per heavy atom. The zero-order valence-electron chi connectivity index (χ0n) is 23.1. The summed E-state index contributed by atoms with van der Waals surface area (Å²) in [5, 5.41) is 15.1. The molecule has 8 nitrogen and oxygen atoms in total. The number of aliphatic carboxylic acids is 1. The minimum absolute atomic E-state index is 0.109. The fourth-order valence-corrected chi connectivity index (χ4v) is 5.90. The van der Waals surface area contributed by atoms with Crippen LogP contribution in [0.2, 0.25) is 0 Å². The van der Waals surface area contributed by atoms with E-state index in [9.17, 15) is 19.5 Å². The van der Waals surface area contributed by atoms with Crippen LogP contribution in [0.3, 0.4) is 0 Å². The van der Waals surface area contributed by atoms with E-state index < -0.39 is 36.0 Å². The molecule has 0 aromatic heterocycles. The van der Waals surface area contributed by atoms with Gasteiger partial charge in [0.2, 0.25) is 5.91 Å². The van der Waals surface area contributed by atoms with E-state index in [1.165, 1.54) is 0 Å². The number of hydrogen-bond acceptors (Lipinski definition) is 5. The van der Waals surface area contributed by atoms with Crippen LogP contribution in [0.5, 0.6) is 0 Å². The third-order valence-electron chi connectivity index (χ3n) is 8.09. The molecule has 2 amide bonds. The second-order valence-corrected chi connectivity index (χ2v) is 10.9. The number of benzene rings is 3. The molecule has 3 N–H and O–H groups in total. The molecule has 3 aromatic carbocycles. The summed E-state index contributed by atoms with van der Waals surface area (Å²) < 4.78 is 11.7. The fourth-order valence-electron chi connectivity index (χ4n) is 5.90. The third kappa shape index (κ3) is 6.77. The van der Waals surface area contributed by atoms with Gasteiger partial charge in [0.25, 0.3) is 0 Å². The first kappa shape index (κ1) is 28.4. The maximum Gasteiger partial charge on any atom is 0.407 e. The molecular formula is C33H36N2O6. The quantitative estimate of drug-likeness (QED) is 0.314. The Morgan fingerprint density at radius 1 is 0.902 bits per heavy atom. The molecule has 8 heteroatoms. The maximum absolute atomic E-state index is 13.5. The number of fused-ring (bicyclic) bond motifs is 3. The van der Waals surface area contributed by atoms with Gasteiger partial charge in [-0.3, -0.25) is 9.59 Å². The summed E-state index contributed by atoms with van der Waals surface area (Å²) in [6.45, 7) is 2.12. The first-order valence-corrected chi connectivity index (χ1v) is 14.2. The lowest BCUT2D eigenvalue weighted by atomic mass is 9.85. The van der Waals surface area contributed by atoms with E-state index in [2.05, 4.69) is 22.8 Å². The number of carboxylic acid groups (broad SMARTS) is 1. The average molecular weight is 557 g/mol. The van der Waals surface area contributed by atoms with Crippen LogP contribution in [0.25, 0.3) is 11.1 Å². The Labute approximate surface area is 240 Å². The molecule has 0 bridgehead atoms. The van der Waals surface area contributed by atoms with Crippen LogP contribution in [-0.2, 0) is 25.7 Å². The van der Waals surface area contributed by atoms with Crippen molar-refractivity contribution < 1.29 is 29.0 Å². The number of carbonyl (C=O) groups is 3. The normalized spacial score (nSPS) is 19.3. The van der Waals surface area contributed by atoms with E-state index in [-0.39, 0.29) is 25.2 Å². The van der Waals surface area contributed by atoms with Crippen LogP contribution in [0.15, 0.2) is 78.9 Å². The molecule has 3 aromatic rings. The van der Waals surface area contributed by atoms with Gasteiger partial charge in [-0.25, -0.2) is 4.79 Å². The molecule has 1 fully saturated rings. The fraction of sp³-hybridized carbons (Fsp3) is 0.364. The van der Waals surface area contributed by atoms with Gasteiger partial charge in [0.15, 0.2) is 0 Å². The van der Waals surface area contributed by atoms with E-state index in [4.69, 9.17) is 9.47 Å². The molecule has 2 aliphatic carbocycles. The average Bonchev–Trinajstić information content (AvgIpc) is 3.31. The van der Waals surface area contributed by atoms with Crippen molar-refractivity contribution in [3.05, 3.63) is 95.6 Å². The summed E-state index contributed by atoms with van der Waals surface area (Å²) in [6.07, 6.45) is 0.972. The number of hydrogen-bond donors (Lipinski definition) is 3. The number of alkyl carbamates (subject to hydrolysis) is 1. The maximum atomic E-state index is 13.5. The Morgan fingerprint density at radius 3 is 2.20 bits per heavy atom. The van der Waals surface area contributed by atoms with Crippen molar-refractivity contribution in [1.29, 1.82) is 0 Å². The molecule has 4 atom stereocenters. The van der Waals surface area contributed by atoms with Crippen molar-refractivity contribution in [1.82, 2.24) is 10.6 Å². The smallest absolute Gasteiger partial charge is 0.407 e. The van der Waals surface area contributed by atoms with Crippen molar-refractivity contribution in [2.75, 3.05) is 6.61 Å². The third-order valence-corrected chi connectivity index (χ3v) is 8.09. The zero-order chi connectivity index (χ0) is 28.8. The molecule has 0 saturated heterocycles. The Kier molecular flexibility index (Phi) is 8.99. The molecule has 0 spiro atoms. The van der Waals surface area contributed by atoms with Gasteiger partial charge in [0.1, 0.15) is 12.6 Å². The van der Waals surface area contributed by atoms with Gasteiger partial charge in [0.05, 0.1) is 18.6 Å². The van der Waals surface area contributed by atoms with Gasteiger partial charge in [-0.05, 0) is 54.0 Å². The number of nitrogens with one attached hydrogen (secondary N) is 2. The molecule has 1 saturated carbocycles. The summed E-state index contributed by atoms with van der Waals surface area (Å²) in [4.78, 5) is 38.1. The molecule has 5 rings (SSSR count). The van der Waals surface area contributed by atoms with E-state index >= 15 is 0 Å².